The van der Waals surface area contributed by atoms with E-state index in [0.717, 1.165) is 121 Å². The number of nitrogens with zero attached hydrogens (tertiary/aromatic N) is 5. The van der Waals surface area contributed by atoms with Crippen LogP contribution in [-0.4, -0.2) is 75.0 Å². The predicted molar refractivity (Wildman–Crippen MR) is 186 cm³/mol. The first-order chi connectivity index (χ1) is 21.3. The van der Waals surface area contributed by atoms with Crippen molar-refractivity contribution in [2.45, 2.75) is 86.6 Å². The van der Waals surface area contributed by atoms with Gasteiger partial charge >= 0.3 is 5.97 Å². The molecule has 1 aromatic carbocycles. The van der Waals surface area contributed by atoms with Crippen molar-refractivity contribution in [3.8, 4) is 11.1 Å². The van der Waals surface area contributed by atoms with Gasteiger partial charge in [-0.2, -0.15) is 5.10 Å². The molecule has 0 radical (unpaired) electrons. The summed E-state index contributed by atoms with van der Waals surface area (Å²) in [4.78, 5) is 18.0. The predicted octanol–water partition coefficient (Wildman–Crippen LogP) is 7.88. The zero-order chi connectivity index (χ0) is 32.6. The maximum absolute atomic E-state index is 13.2. The van der Waals surface area contributed by atoms with E-state index in [1.54, 1.807) is 0 Å². The monoisotopic (exact) mass is 633 g/mol. The second-order valence-electron chi connectivity index (χ2n) is 14.0. The molecule has 0 spiro atoms. The molecule has 45 heavy (non-hydrogen) atoms. The van der Waals surface area contributed by atoms with Crippen molar-refractivity contribution in [1.82, 2.24) is 24.1 Å². The van der Waals surface area contributed by atoms with Gasteiger partial charge in [0.2, 0.25) is 0 Å². The molecular formula is C37H52ClN5O2. The number of hydrogen-bond acceptors (Lipinski definition) is 4. The van der Waals surface area contributed by atoms with E-state index in [9.17, 15) is 9.90 Å². The number of halogens is 1. The van der Waals surface area contributed by atoms with Gasteiger partial charge in [-0.1, -0.05) is 48.7 Å². The number of carboxylic acids is 1. The fourth-order valence-electron chi connectivity index (χ4n) is 7.71. The van der Waals surface area contributed by atoms with E-state index in [0.29, 0.717) is 12.2 Å². The number of rotatable bonds is 10. The second-order valence-corrected chi connectivity index (χ2v) is 14.4. The molecule has 1 unspecified atom stereocenters. The van der Waals surface area contributed by atoms with E-state index < -0.39 is 5.97 Å². The van der Waals surface area contributed by atoms with Gasteiger partial charge in [0, 0.05) is 73.6 Å². The van der Waals surface area contributed by atoms with Gasteiger partial charge < -0.3 is 14.6 Å². The molecule has 8 heteroatoms. The van der Waals surface area contributed by atoms with Crippen LogP contribution in [0.5, 0.6) is 0 Å². The van der Waals surface area contributed by atoms with E-state index >= 15 is 0 Å². The Hall–Kier alpha value is -2.87. The molecule has 2 aliphatic rings. The Kier molecular flexibility index (Phi) is 10.0. The van der Waals surface area contributed by atoms with E-state index in [-0.39, 0.29) is 5.41 Å². The maximum atomic E-state index is 13.2. The average molecular weight is 634 g/mol. The molecule has 5 rings (SSSR count). The van der Waals surface area contributed by atoms with Gasteiger partial charge in [-0.25, -0.2) is 4.79 Å². The van der Waals surface area contributed by atoms with Gasteiger partial charge in [0.05, 0.1) is 11.2 Å². The van der Waals surface area contributed by atoms with Crippen LogP contribution in [0.4, 0.5) is 0 Å². The molecule has 2 aromatic heterocycles. The molecule has 7 nitrogen and oxygen atoms in total. The summed E-state index contributed by atoms with van der Waals surface area (Å²) in [5, 5.41) is 17.5. The zero-order valence-corrected chi connectivity index (χ0v) is 29.4. The largest absolute Gasteiger partial charge is 0.477 e. The normalized spacial score (nSPS) is 20.2. The van der Waals surface area contributed by atoms with Crippen LogP contribution in [0, 0.1) is 26.2 Å². The lowest BCUT2D eigenvalue weighted by molar-refractivity contribution is 0.0682. The number of aromatic nitrogens is 3. The summed E-state index contributed by atoms with van der Waals surface area (Å²) in [5.41, 5.74) is 10.5. The number of carbonyl (C=O) groups is 1. The molecule has 1 N–H and O–H groups in total. The van der Waals surface area contributed by atoms with E-state index in [4.69, 9.17) is 16.7 Å². The topological polar surface area (TPSA) is 66.5 Å². The fourth-order valence-corrected chi connectivity index (χ4v) is 7.86. The number of unbranched alkanes of at least 4 members (excludes halogenated alkanes) is 1. The van der Waals surface area contributed by atoms with Crippen LogP contribution in [0.1, 0.15) is 85.9 Å². The Balaban J connectivity index is 1.52. The van der Waals surface area contributed by atoms with Crippen LogP contribution >= 0.6 is 11.6 Å². The van der Waals surface area contributed by atoms with E-state index in [1.807, 2.05) is 11.7 Å². The number of aryl methyl sites for hydroxylation is 4. The lowest BCUT2D eigenvalue weighted by Crippen LogP contribution is -2.45. The van der Waals surface area contributed by atoms with Gasteiger partial charge in [0.1, 0.15) is 5.69 Å². The summed E-state index contributed by atoms with van der Waals surface area (Å²) >= 11 is 6.61. The first kappa shape index (κ1) is 33.5. The highest BCUT2D eigenvalue weighted by Crippen LogP contribution is 2.42. The molecule has 3 aromatic rings. The summed E-state index contributed by atoms with van der Waals surface area (Å²) in [6.07, 6.45) is 8.24. The average Bonchev–Trinajstić information content (AvgIpc) is 3.41. The smallest absolute Gasteiger partial charge is 0.352 e. The van der Waals surface area contributed by atoms with Gasteiger partial charge in [-0.3, -0.25) is 9.58 Å². The number of aromatic carboxylic acids is 1. The number of benzene rings is 1. The lowest BCUT2D eigenvalue weighted by atomic mass is 9.79. The fraction of sp³-hybridized carbons (Fsp3) is 0.568. The summed E-state index contributed by atoms with van der Waals surface area (Å²) in [6.45, 7) is 18.5. The minimum absolute atomic E-state index is 0.0910. The molecule has 3 heterocycles. The summed E-state index contributed by atoms with van der Waals surface area (Å²) in [5.74, 6) is -0.840. The SMILES string of the molecule is CC1=CC(C)(CCCCc2c(C(=O)O)n(CCN3CCN(C)CC3)c3c(-c4c(C)nn(C)c4C)c(C)ccc23)CCC(C)=C1Cl. The van der Waals surface area contributed by atoms with Crippen LogP contribution in [0.2, 0.25) is 0 Å². The number of carboxylic acid groups (broad SMARTS) is 1. The molecule has 1 atom stereocenters. The lowest BCUT2D eigenvalue weighted by Gasteiger charge is -2.32. The molecule has 0 bridgehead atoms. The van der Waals surface area contributed by atoms with E-state index in [1.165, 1.54) is 11.1 Å². The Labute approximate surface area is 274 Å². The van der Waals surface area contributed by atoms with Crippen molar-refractivity contribution in [3.05, 3.63) is 62.6 Å². The first-order valence-corrected chi connectivity index (χ1v) is 17.0. The highest BCUT2D eigenvalue weighted by atomic mass is 35.5. The maximum Gasteiger partial charge on any atom is 0.352 e. The third-order valence-corrected chi connectivity index (χ3v) is 11.1. The molecule has 0 amide bonds. The van der Waals surface area contributed by atoms with Crippen molar-refractivity contribution in [2.24, 2.45) is 12.5 Å². The van der Waals surface area contributed by atoms with E-state index in [2.05, 4.69) is 81.2 Å². The minimum atomic E-state index is -0.840. The molecule has 1 aliphatic carbocycles. The Morgan fingerprint density at radius 3 is 2.36 bits per heavy atom. The quantitative estimate of drug-likeness (QED) is 0.230. The standard InChI is InChI=1S/C37H52ClN5O2/c1-24-12-13-30-29(11-9-10-15-37(6)16-14-25(2)33(38)26(3)23-37)35(36(44)45)43(22-21-42-19-17-40(7)18-20-42)34(30)31(24)32-27(4)39-41(8)28(32)5/h12-13,23H,9-11,14-22H2,1-8H3,(H,44,45). The van der Waals surface area contributed by atoms with Gasteiger partial charge in [-0.05, 0) is 95.9 Å². The number of likely N-dealkylation sites (N-methyl/N-ethyl adjacent to an activating group) is 1. The third kappa shape index (κ3) is 6.81. The number of fused-ring (bicyclic) bond motifs is 1. The van der Waals surface area contributed by atoms with Crippen LogP contribution in [0.15, 0.2) is 34.4 Å². The number of piperazine rings is 1. The molecule has 1 saturated heterocycles. The highest BCUT2D eigenvalue weighted by Gasteiger charge is 2.29. The molecule has 1 fully saturated rings. The summed E-state index contributed by atoms with van der Waals surface area (Å²) in [6, 6.07) is 4.33. The summed E-state index contributed by atoms with van der Waals surface area (Å²) < 4.78 is 4.07. The Morgan fingerprint density at radius 2 is 1.71 bits per heavy atom. The number of hydrogen-bond donors (Lipinski definition) is 1. The Morgan fingerprint density at radius 1 is 1.00 bits per heavy atom. The van der Waals surface area contributed by atoms with Crippen LogP contribution < -0.4 is 0 Å². The second kappa shape index (κ2) is 13.5. The minimum Gasteiger partial charge on any atom is -0.477 e. The van der Waals surface area contributed by atoms with Crippen LogP contribution in [0.3, 0.4) is 0 Å². The molecular weight excluding hydrogens is 582 g/mol. The number of allylic oxidation sites excluding steroid dienone is 4. The van der Waals surface area contributed by atoms with Crippen molar-refractivity contribution in [1.29, 1.82) is 0 Å². The molecule has 244 valence electrons. The Bertz CT molecular complexity index is 1650. The van der Waals surface area contributed by atoms with Gasteiger partial charge in [-0.15, -0.1) is 0 Å². The zero-order valence-electron chi connectivity index (χ0n) is 28.7. The molecule has 1 aliphatic heterocycles. The van der Waals surface area contributed by atoms with Gasteiger partial charge in [0.25, 0.3) is 0 Å². The molecule has 0 saturated carbocycles. The van der Waals surface area contributed by atoms with Crippen molar-refractivity contribution in [2.75, 3.05) is 39.8 Å². The third-order valence-electron chi connectivity index (χ3n) is 10.5. The van der Waals surface area contributed by atoms with Crippen molar-refractivity contribution in [3.63, 3.8) is 0 Å². The van der Waals surface area contributed by atoms with Crippen molar-refractivity contribution >= 4 is 28.5 Å². The van der Waals surface area contributed by atoms with Crippen LogP contribution in [-0.2, 0) is 20.0 Å². The highest BCUT2D eigenvalue weighted by molar-refractivity contribution is 6.32. The first-order valence-electron chi connectivity index (χ1n) is 16.7. The summed E-state index contributed by atoms with van der Waals surface area (Å²) in [7, 11) is 4.15. The van der Waals surface area contributed by atoms with Crippen LogP contribution in [0.25, 0.3) is 22.0 Å². The van der Waals surface area contributed by atoms with Gasteiger partial charge in [0.15, 0.2) is 0 Å². The van der Waals surface area contributed by atoms with Crippen molar-refractivity contribution < 1.29 is 9.90 Å².